The van der Waals surface area contributed by atoms with Crippen LogP contribution in [0.5, 0.6) is 0 Å². The zero-order valence-electron chi connectivity index (χ0n) is 17.1. The van der Waals surface area contributed by atoms with E-state index in [0.717, 1.165) is 0 Å². The van der Waals surface area contributed by atoms with Gasteiger partial charge in [-0.3, -0.25) is 0 Å². The third kappa shape index (κ3) is 16.4. The number of aryl methyl sites for hydroxylation is 1. The van der Waals surface area contributed by atoms with Crippen LogP contribution in [0.15, 0.2) is 30.3 Å². The summed E-state index contributed by atoms with van der Waals surface area (Å²) in [5.74, 6) is 0. The van der Waals surface area contributed by atoms with Crippen molar-refractivity contribution in [1.82, 2.24) is 0 Å². The maximum absolute atomic E-state index is 2.08. The van der Waals surface area contributed by atoms with E-state index in [1.807, 2.05) is 18.2 Å². The lowest BCUT2D eigenvalue weighted by atomic mass is 10.0. The molecule has 0 N–H and O–H groups in total. The Morgan fingerprint density at radius 3 is 0.680 bits per heavy atom. The Kier molecular flexibility index (Phi) is 16.0. The standard InChI is InChI=1S/C7H8.3C6H12/c1-7-5-3-2-4-6-7;3*1-2-4-6-5-3-1/h2-6H,1H3;3*1-6H2. The van der Waals surface area contributed by atoms with Gasteiger partial charge in [0.1, 0.15) is 0 Å². The van der Waals surface area contributed by atoms with Crippen LogP contribution in [0.4, 0.5) is 0 Å². The molecule has 0 heterocycles. The SMILES string of the molecule is C1CCCCC1.C1CCCCC1.C1CCCCC1.Cc1ccccc1. The molecule has 0 unspecified atom stereocenters. The normalized spacial score (nSPS) is 19.7. The molecule has 3 aliphatic rings. The first-order valence-electron chi connectivity index (χ1n) is 11.4. The predicted molar refractivity (Wildman–Crippen MR) is 114 cm³/mol. The lowest BCUT2D eigenvalue weighted by molar-refractivity contribution is 0.504. The predicted octanol–water partition coefficient (Wildman–Crippen LogP) is 9.02. The van der Waals surface area contributed by atoms with E-state index in [2.05, 4.69) is 19.1 Å². The fourth-order valence-electron chi connectivity index (χ4n) is 3.72. The molecule has 0 saturated heterocycles. The summed E-state index contributed by atoms with van der Waals surface area (Å²) in [4.78, 5) is 0. The fourth-order valence-corrected chi connectivity index (χ4v) is 3.72. The van der Waals surface area contributed by atoms with Crippen molar-refractivity contribution in [3.05, 3.63) is 35.9 Å². The van der Waals surface area contributed by atoms with Gasteiger partial charge in [-0.05, 0) is 6.92 Å². The van der Waals surface area contributed by atoms with Crippen molar-refractivity contribution in [2.45, 2.75) is 122 Å². The fraction of sp³-hybridized carbons (Fsp3) is 0.760. The van der Waals surface area contributed by atoms with Gasteiger partial charge in [0.2, 0.25) is 0 Å². The highest BCUT2D eigenvalue weighted by Gasteiger charge is 1.96. The van der Waals surface area contributed by atoms with E-state index >= 15 is 0 Å². The van der Waals surface area contributed by atoms with Gasteiger partial charge in [0.05, 0.1) is 0 Å². The number of rotatable bonds is 0. The molecule has 0 radical (unpaired) electrons. The highest BCUT2D eigenvalue weighted by Crippen LogP contribution is 2.16. The molecule has 0 atom stereocenters. The second-order valence-electron chi connectivity index (χ2n) is 8.02. The summed E-state index contributed by atoms with van der Waals surface area (Å²) in [6.45, 7) is 2.08. The second kappa shape index (κ2) is 18.0. The molecular formula is C25H44. The average molecular weight is 345 g/mol. The molecule has 144 valence electrons. The van der Waals surface area contributed by atoms with Crippen LogP contribution in [0.3, 0.4) is 0 Å². The molecule has 25 heavy (non-hydrogen) atoms. The van der Waals surface area contributed by atoms with Gasteiger partial charge < -0.3 is 0 Å². The summed E-state index contributed by atoms with van der Waals surface area (Å²) < 4.78 is 0. The van der Waals surface area contributed by atoms with E-state index in [-0.39, 0.29) is 0 Å². The minimum atomic E-state index is 1.32. The summed E-state index contributed by atoms with van der Waals surface area (Å²) in [5.41, 5.74) is 1.32. The van der Waals surface area contributed by atoms with Gasteiger partial charge in [-0.1, -0.05) is 151 Å². The Labute approximate surface area is 158 Å². The molecule has 3 aliphatic carbocycles. The Morgan fingerprint density at radius 1 is 0.360 bits per heavy atom. The Bertz CT molecular complexity index is 279. The van der Waals surface area contributed by atoms with E-state index in [9.17, 15) is 0 Å². The van der Waals surface area contributed by atoms with E-state index in [0.29, 0.717) is 0 Å². The summed E-state index contributed by atoms with van der Waals surface area (Å²) in [7, 11) is 0. The largest absolute Gasteiger partial charge is 0.0622 e. The molecule has 0 heteroatoms. The zero-order chi connectivity index (χ0) is 17.8. The molecular weight excluding hydrogens is 300 g/mol. The van der Waals surface area contributed by atoms with Crippen LogP contribution in [0.25, 0.3) is 0 Å². The van der Waals surface area contributed by atoms with Crippen molar-refractivity contribution in [1.29, 1.82) is 0 Å². The van der Waals surface area contributed by atoms with Crippen LogP contribution in [-0.2, 0) is 0 Å². The summed E-state index contributed by atoms with van der Waals surface area (Å²) in [5, 5.41) is 0. The Hall–Kier alpha value is -0.780. The quantitative estimate of drug-likeness (QED) is 0.440. The smallest absolute Gasteiger partial charge is 0.0398 e. The molecule has 0 nitrogen and oxygen atoms in total. The van der Waals surface area contributed by atoms with E-state index < -0.39 is 0 Å². The molecule has 0 bridgehead atoms. The van der Waals surface area contributed by atoms with E-state index in [1.165, 1.54) is 121 Å². The van der Waals surface area contributed by atoms with Crippen molar-refractivity contribution in [2.75, 3.05) is 0 Å². The zero-order valence-corrected chi connectivity index (χ0v) is 17.1. The molecule has 0 amide bonds. The van der Waals surface area contributed by atoms with Crippen LogP contribution >= 0.6 is 0 Å². The highest BCUT2D eigenvalue weighted by molar-refractivity contribution is 5.11. The van der Waals surface area contributed by atoms with Crippen LogP contribution < -0.4 is 0 Å². The molecule has 0 spiro atoms. The van der Waals surface area contributed by atoms with Gasteiger partial charge in [0, 0.05) is 0 Å². The third-order valence-electron chi connectivity index (χ3n) is 5.44. The van der Waals surface area contributed by atoms with Crippen molar-refractivity contribution >= 4 is 0 Å². The molecule has 3 fully saturated rings. The van der Waals surface area contributed by atoms with Gasteiger partial charge in [0.25, 0.3) is 0 Å². The minimum Gasteiger partial charge on any atom is -0.0622 e. The van der Waals surface area contributed by atoms with Crippen molar-refractivity contribution < 1.29 is 0 Å². The molecule has 1 aromatic rings. The first kappa shape index (κ1) is 22.3. The van der Waals surface area contributed by atoms with Gasteiger partial charge in [-0.2, -0.15) is 0 Å². The number of benzene rings is 1. The third-order valence-corrected chi connectivity index (χ3v) is 5.44. The van der Waals surface area contributed by atoms with E-state index in [4.69, 9.17) is 0 Å². The summed E-state index contributed by atoms with van der Waals surface area (Å²) >= 11 is 0. The molecule has 0 aliphatic heterocycles. The van der Waals surface area contributed by atoms with Gasteiger partial charge >= 0.3 is 0 Å². The molecule has 0 aromatic heterocycles. The highest BCUT2D eigenvalue weighted by atomic mass is 14.0. The van der Waals surface area contributed by atoms with Crippen LogP contribution in [-0.4, -0.2) is 0 Å². The van der Waals surface area contributed by atoms with Crippen LogP contribution in [0.2, 0.25) is 0 Å². The summed E-state index contributed by atoms with van der Waals surface area (Å²) in [6.07, 6.45) is 27.0. The first-order valence-corrected chi connectivity index (χ1v) is 11.4. The van der Waals surface area contributed by atoms with Crippen molar-refractivity contribution in [3.8, 4) is 0 Å². The second-order valence-corrected chi connectivity index (χ2v) is 8.02. The monoisotopic (exact) mass is 344 g/mol. The Balaban J connectivity index is 0.000000167. The van der Waals surface area contributed by atoms with Crippen LogP contribution in [0, 0.1) is 6.92 Å². The van der Waals surface area contributed by atoms with Gasteiger partial charge in [-0.15, -0.1) is 0 Å². The topological polar surface area (TPSA) is 0 Å². The number of hydrogen-bond donors (Lipinski definition) is 0. The first-order chi connectivity index (χ1) is 12.4. The van der Waals surface area contributed by atoms with Gasteiger partial charge in [0.15, 0.2) is 0 Å². The molecule has 3 saturated carbocycles. The summed E-state index contributed by atoms with van der Waals surface area (Å²) in [6, 6.07) is 10.3. The van der Waals surface area contributed by atoms with E-state index in [1.54, 1.807) is 0 Å². The lowest BCUT2D eigenvalue weighted by Crippen LogP contribution is -1.85. The maximum Gasteiger partial charge on any atom is -0.0398 e. The van der Waals surface area contributed by atoms with Crippen molar-refractivity contribution in [2.24, 2.45) is 0 Å². The Morgan fingerprint density at radius 2 is 0.560 bits per heavy atom. The molecule has 4 rings (SSSR count). The average Bonchev–Trinajstić information content (AvgIpc) is 2.74. The minimum absolute atomic E-state index is 1.32. The lowest BCUT2D eigenvalue weighted by Gasteiger charge is -2.05. The number of hydrogen-bond acceptors (Lipinski definition) is 0. The van der Waals surface area contributed by atoms with Gasteiger partial charge in [-0.25, -0.2) is 0 Å². The van der Waals surface area contributed by atoms with Crippen LogP contribution in [0.1, 0.15) is 121 Å². The molecule has 1 aromatic carbocycles. The maximum atomic E-state index is 2.08. The van der Waals surface area contributed by atoms with Crippen molar-refractivity contribution in [3.63, 3.8) is 0 Å².